The summed E-state index contributed by atoms with van der Waals surface area (Å²) in [5, 5.41) is 0. The zero-order valence-corrected chi connectivity index (χ0v) is 8.93. The molecule has 0 saturated heterocycles. The van der Waals surface area contributed by atoms with Crippen LogP contribution in [0.5, 0.6) is 0 Å². The van der Waals surface area contributed by atoms with E-state index in [-0.39, 0.29) is 6.42 Å². The van der Waals surface area contributed by atoms with Gasteiger partial charge in [-0.2, -0.15) is 39.5 Å². The predicted molar refractivity (Wildman–Crippen MR) is 42.0 cm³/mol. The number of hydrogen-bond donors (Lipinski definition) is 0. The lowest BCUT2D eigenvalue weighted by atomic mass is 10.0. The first-order chi connectivity index (χ1) is 7.81. The van der Waals surface area contributed by atoms with E-state index >= 15 is 0 Å². The molecule has 18 heavy (non-hydrogen) atoms. The van der Waals surface area contributed by atoms with Crippen molar-refractivity contribution in [2.75, 3.05) is 13.2 Å². The van der Waals surface area contributed by atoms with Crippen LogP contribution in [0.25, 0.3) is 0 Å². The van der Waals surface area contributed by atoms with E-state index in [1.54, 1.807) is 0 Å². The molecule has 0 aliphatic carbocycles. The van der Waals surface area contributed by atoms with Crippen LogP contribution in [0.15, 0.2) is 0 Å². The molecule has 0 aliphatic rings. The van der Waals surface area contributed by atoms with Gasteiger partial charge in [-0.15, -0.1) is 0 Å². The molecule has 0 aliphatic heterocycles. The van der Waals surface area contributed by atoms with Gasteiger partial charge in [0.1, 0.15) is 6.61 Å². The average Bonchev–Trinajstić information content (AvgIpc) is 2.15. The van der Waals surface area contributed by atoms with E-state index in [9.17, 15) is 39.5 Å². The van der Waals surface area contributed by atoms with Gasteiger partial charge in [0, 0.05) is 6.61 Å². The quantitative estimate of drug-likeness (QED) is 0.533. The maximum atomic E-state index is 12.7. The summed E-state index contributed by atoms with van der Waals surface area (Å²) in [5.41, 5.74) is 0. The van der Waals surface area contributed by atoms with E-state index < -0.39 is 37.2 Å². The molecular weight excluding hydrogens is 283 g/mol. The summed E-state index contributed by atoms with van der Waals surface area (Å²) in [5.74, 6) is -19.1. The molecule has 0 saturated carbocycles. The van der Waals surface area contributed by atoms with Crippen molar-refractivity contribution >= 4 is 0 Å². The van der Waals surface area contributed by atoms with Gasteiger partial charge < -0.3 is 4.74 Å². The zero-order valence-electron chi connectivity index (χ0n) is 8.93. The molecule has 0 heterocycles. The molecule has 1 nitrogen and oxygen atoms in total. The Labute approximate surface area is 95.9 Å². The van der Waals surface area contributed by atoms with E-state index in [0.717, 1.165) is 0 Å². The maximum absolute atomic E-state index is 12.7. The normalized spacial score (nSPS) is 15.0. The van der Waals surface area contributed by atoms with Crippen molar-refractivity contribution in [2.45, 2.75) is 37.3 Å². The minimum absolute atomic E-state index is 0.108. The second-order valence-electron chi connectivity index (χ2n) is 3.40. The van der Waals surface area contributed by atoms with Crippen LogP contribution >= 0.6 is 0 Å². The van der Waals surface area contributed by atoms with Crippen molar-refractivity contribution in [3.8, 4) is 0 Å². The van der Waals surface area contributed by atoms with Crippen molar-refractivity contribution in [1.29, 1.82) is 0 Å². The molecule has 0 rings (SSSR count). The Morgan fingerprint density at radius 3 is 1.56 bits per heavy atom. The summed E-state index contributed by atoms with van der Waals surface area (Å²) in [6.07, 6.45) is -6.68. The molecule has 110 valence electrons. The Morgan fingerprint density at radius 1 is 0.778 bits per heavy atom. The van der Waals surface area contributed by atoms with Crippen LogP contribution in [0.1, 0.15) is 13.3 Å². The first-order valence-corrected chi connectivity index (χ1v) is 4.59. The lowest BCUT2D eigenvalue weighted by Gasteiger charge is -2.33. The molecule has 10 heteroatoms. The lowest BCUT2D eigenvalue weighted by molar-refractivity contribution is -0.399. The summed E-state index contributed by atoms with van der Waals surface area (Å²) in [6, 6.07) is 0. The Morgan fingerprint density at radius 2 is 1.22 bits per heavy atom. The molecule has 0 atom stereocenters. The summed E-state index contributed by atoms with van der Waals surface area (Å²) >= 11 is 0. The number of hydrogen-bond acceptors (Lipinski definition) is 1. The summed E-state index contributed by atoms with van der Waals surface area (Å²) in [6.45, 7) is -1.29. The maximum Gasteiger partial charge on any atom is 0.460 e. The first-order valence-electron chi connectivity index (χ1n) is 4.59. The lowest BCUT2D eigenvalue weighted by Crippen LogP contribution is -2.62. The zero-order chi connectivity index (χ0) is 14.8. The van der Waals surface area contributed by atoms with Gasteiger partial charge >= 0.3 is 23.9 Å². The van der Waals surface area contributed by atoms with Crippen LogP contribution in [-0.2, 0) is 4.74 Å². The minimum atomic E-state index is -6.85. The van der Waals surface area contributed by atoms with E-state index in [0.29, 0.717) is 0 Å². The van der Waals surface area contributed by atoms with Crippen LogP contribution in [0, 0.1) is 0 Å². The molecule has 0 radical (unpaired) electrons. The molecule has 0 spiro atoms. The molecule has 0 unspecified atom stereocenters. The average molecular weight is 292 g/mol. The van der Waals surface area contributed by atoms with E-state index in [2.05, 4.69) is 4.74 Å². The number of ether oxygens (including phenoxy) is 1. The standard InChI is InChI=1S/C8H9F9O/c1-2-3-18-4-5(9,10)6(11,12)7(13,14)8(15,16)17/h2-4H2,1H3. The molecule has 0 fully saturated rings. The second kappa shape index (κ2) is 5.14. The number of alkyl halides is 9. The van der Waals surface area contributed by atoms with Crippen LogP contribution in [0.2, 0.25) is 0 Å². The molecule has 0 N–H and O–H groups in total. The number of rotatable bonds is 6. The monoisotopic (exact) mass is 292 g/mol. The van der Waals surface area contributed by atoms with Gasteiger partial charge in [-0.25, -0.2) is 0 Å². The van der Waals surface area contributed by atoms with Gasteiger partial charge in [-0.3, -0.25) is 0 Å². The van der Waals surface area contributed by atoms with Crippen molar-refractivity contribution in [2.24, 2.45) is 0 Å². The van der Waals surface area contributed by atoms with Gasteiger partial charge in [-0.05, 0) is 6.42 Å². The fourth-order valence-corrected chi connectivity index (χ4v) is 0.843. The predicted octanol–water partition coefficient (Wildman–Crippen LogP) is 3.88. The third-order valence-corrected chi connectivity index (χ3v) is 1.84. The van der Waals surface area contributed by atoms with Crippen molar-refractivity contribution in [1.82, 2.24) is 0 Å². The third-order valence-electron chi connectivity index (χ3n) is 1.84. The Bertz CT molecular complexity index is 270. The van der Waals surface area contributed by atoms with Gasteiger partial charge in [0.15, 0.2) is 0 Å². The van der Waals surface area contributed by atoms with E-state index in [1.807, 2.05) is 0 Å². The summed E-state index contributed by atoms with van der Waals surface area (Å²) < 4.78 is 114. The van der Waals surface area contributed by atoms with Gasteiger partial charge in [0.25, 0.3) is 0 Å². The topological polar surface area (TPSA) is 9.23 Å². The first kappa shape index (κ1) is 17.3. The molecular formula is C8H9F9O. The number of halogens is 9. The Balaban J connectivity index is 5.11. The Hall–Kier alpha value is -0.670. The molecule has 0 aromatic rings. The highest BCUT2D eigenvalue weighted by atomic mass is 19.4. The van der Waals surface area contributed by atoms with Gasteiger partial charge in [0.05, 0.1) is 0 Å². The fraction of sp³-hybridized carbons (Fsp3) is 1.00. The fourth-order valence-electron chi connectivity index (χ4n) is 0.843. The highest BCUT2D eigenvalue weighted by Crippen LogP contribution is 2.52. The largest absolute Gasteiger partial charge is 0.460 e. The van der Waals surface area contributed by atoms with Gasteiger partial charge in [0.2, 0.25) is 0 Å². The van der Waals surface area contributed by atoms with Gasteiger partial charge in [-0.1, -0.05) is 6.92 Å². The third kappa shape index (κ3) is 3.01. The molecule has 0 aromatic heterocycles. The van der Waals surface area contributed by atoms with Crippen molar-refractivity contribution in [3.05, 3.63) is 0 Å². The van der Waals surface area contributed by atoms with Crippen molar-refractivity contribution in [3.63, 3.8) is 0 Å². The second-order valence-corrected chi connectivity index (χ2v) is 3.40. The molecule has 0 aromatic carbocycles. The molecule has 0 amide bonds. The van der Waals surface area contributed by atoms with Crippen LogP contribution in [0.3, 0.4) is 0 Å². The van der Waals surface area contributed by atoms with E-state index in [4.69, 9.17) is 0 Å². The smallest absolute Gasteiger partial charge is 0.375 e. The Kier molecular flexibility index (Phi) is 4.95. The minimum Gasteiger partial charge on any atom is -0.375 e. The highest BCUT2D eigenvalue weighted by molar-refractivity contribution is 5.00. The van der Waals surface area contributed by atoms with E-state index in [1.165, 1.54) is 6.92 Å². The summed E-state index contributed by atoms with van der Waals surface area (Å²) in [7, 11) is 0. The highest BCUT2D eigenvalue weighted by Gasteiger charge is 2.81. The SMILES string of the molecule is CCCOCC(F)(F)C(F)(F)C(F)(F)C(F)(F)F. The van der Waals surface area contributed by atoms with Crippen LogP contribution in [-0.4, -0.2) is 37.2 Å². The van der Waals surface area contributed by atoms with Crippen molar-refractivity contribution < 1.29 is 44.3 Å². The van der Waals surface area contributed by atoms with Crippen LogP contribution in [0.4, 0.5) is 39.5 Å². The molecule has 0 bridgehead atoms. The summed E-state index contributed by atoms with van der Waals surface area (Å²) in [4.78, 5) is 0. The van der Waals surface area contributed by atoms with Crippen LogP contribution < -0.4 is 0 Å².